The summed E-state index contributed by atoms with van der Waals surface area (Å²) < 4.78 is 5.35. The highest BCUT2D eigenvalue weighted by Gasteiger charge is 2.31. The van der Waals surface area contributed by atoms with Crippen LogP contribution in [0.15, 0.2) is 34.9 Å². The van der Waals surface area contributed by atoms with E-state index in [9.17, 15) is 9.90 Å². The zero-order valence-electron chi connectivity index (χ0n) is 14.8. The lowest BCUT2D eigenvalue weighted by Gasteiger charge is -2.41. The van der Waals surface area contributed by atoms with E-state index in [2.05, 4.69) is 9.88 Å². The molecule has 1 atom stereocenters. The van der Waals surface area contributed by atoms with Gasteiger partial charge in [-0.25, -0.2) is 0 Å². The number of hydrogen-bond donors (Lipinski definition) is 1. The number of carbonyl (C=O) groups is 1. The molecule has 0 radical (unpaired) electrons. The summed E-state index contributed by atoms with van der Waals surface area (Å²) >= 11 is 0. The molecule has 2 aromatic rings. The Hall–Kier alpha value is -2.18. The van der Waals surface area contributed by atoms with Gasteiger partial charge >= 0.3 is 0 Å². The van der Waals surface area contributed by atoms with Crippen molar-refractivity contribution >= 4 is 5.91 Å². The first kappa shape index (κ1) is 17.6. The van der Waals surface area contributed by atoms with E-state index in [1.54, 1.807) is 12.3 Å². The maximum Gasteiger partial charge on any atom is 0.289 e. The number of rotatable bonds is 5. The van der Waals surface area contributed by atoms with E-state index in [4.69, 9.17) is 4.42 Å². The minimum Gasteiger partial charge on any atom is -0.459 e. The fourth-order valence-corrected chi connectivity index (χ4v) is 3.34. The van der Waals surface area contributed by atoms with E-state index in [1.807, 2.05) is 36.9 Å². The maximum atomic E-state index is 12.7. The van der Waals surface area contributed by atoms with Gasteiger partial charge in [-0.1, -0.05) is 6.07 Å². The molecule has 6 heteroatoms. The predicted octanol–water partition coefficient (Wildman–Crippen LogP) is 2.00. The summed E-state index contributed by atoms with van der Waals surface area (Å²) in [5.41, 5.74) is 2.87. The molecule has 0 aliphatic carbocycles. The van der Waals surface area contributed by atoms with Crippen LogP contribution in [0.4, 0.5) is 0 Å². The Morgan fingerprint density at radius 3 is 2.84 bits per heavy atom. The topological polar surface area (TPSA) is 69.8 Å². The Morgan fingerprint density at radius 1 is 1.32 bits per heavy atom. The van der Waals surface area contributed by atoms with Gasteiger partial charge in [0.25, 0.3) is 5.91 Å². The third kappa shape index (κ3) is 4.08. The summed E-state index contributed by atoms with van der Waals surface area (Å²) in [6.45, 7) is 6.68. The number of aliphatic hydroxyl groups is 1. The van der Waals surface area contributed by atoms with Crippen LogP contribution < -0.4 is 0 Å². The highest BCUT2D eigenvalue weighted by molar-refractivity contribution is 5.92. The SMILES string of the molecule is Cc1cccc(CN2CCN(C(=O)c3occc3C)CC2CCO)n1. The quantitative estimate of drug-likeness (QED) is 0.899. The molecule has 1 amide bonds. The van der Waals surface area contributed by atoms with Crippen LogP contribution in [0.1, 0.15) is 33.9 Å². The third-order valence-corrected chi connectivity index (χ3v) is 4.72. The number of aliphatic hydroxyl groups excluding tert-OH is 1. The Balaban J connectivity index is 1.70. The third-order valence-electron chi connectivity index (χ3n) is 4.72. The number of hydrogen-bond acceptors (Lipinski definition) is 5. The smallest absolute Gasteiger partial charge is 0.289 e. The lowest BCUT2D eigenvalue weighted by Crippen LogP contribution is -2.54. The second kappa shape index (κ2) is 7.80. The Labute approximate surface area is 148 Å². The Bertz CT molecular complexity index is 728. The van der Waals surface area contributed by atoms with Crippen LogP contribution >= 0.6 is 0 Å². The van der Waals surface area contributed by atoms with Crippen LogP contribution in [-0.4, -0.2) is 58.1 Å². The zero-order valence-corrected chi connectivity index (χ0v) is 14.8. The molecule has 0 saturated carbocycles. The summed E-state index contributed by atoms with van der Waals surface area (Å²) in [5, 5.41) is 9.44. The molecule has 1 fully saturated rings. The van der Waals surface area contributed by atoms with Crippen molar-refractivity contribution in [3.05, 3.63) is 53.2 Å². The van der Waals surface area contributed by atoms with Gasteiger partial charge in [0.2, 0.25) is 0 Å². The molecule has 1 saturated heterocycles. The van der Waals surface area contributed by atoms with Crippen LogP contribution in [0.2, 0.25) is 0 Å². The molecule has 1 aliphatic heterocycles. The van der Waals surface area contributed by atoms with Gasteiger partial charge in [-0.15, -0.1) is 0 Å². The highest BCUT2D eigenvalue weighted by Crippen LogP contribution is 2.19. The molecule has 3 heterocycles. The van der Waals surface area contributed by atoms with Crippen LogP contribution in [0.25, 0.3) is 0 Å². The van der Waals surface area contributed by atoms with Gasteiger partial charge in [0.15, 0.2) is 5.76 Å². The molecule has 6 nitrogen and oxygen atoms in total. The van der Waals surface area contributed by atoms with Gasteiger partial charge in [0.1, 0.15) is 0 Å². The second-order valence-corrected chi connectivity index (χ2v) is 6.59. The standard InChI is InChI=1S/C19H25N3O3/c1-14-7-11-25-18(14)19(24)22-9-8-21(17(13-22)6-10-23)12-16-5-3-4-15(2)20-16/h3-5,7,11,17,23H,6,8-10,12-13H2,1-2H3. The van der Waals surface area contributed by atoms with Gasteiger partial charge in [0, 0.05) is 50.1 Å². The first-order valence-electron chi connectivity index (χ1n) is 8.69. The van der Waals surface area contributed by atoms with E-state index in [1.165, 1.54) is 0 Å². The van der Waals surface area contributed by atoms with E-state index < -0.39 is 0 Å². The maximum absolute atomic E-state index is 12.7. The average Bonchev–Trinajstić information content (AvgIpc) is 3.02. The van der Waals surface area contributed by atoms with Crippen molar-refractivity contribution in [3.8, 4) is 0 Å². The molecule has 1 unspecified atom stereocenters. The molecule has 0 bridgehead atoms. The first-order valence-corrected chi connectivity index (χ1v) is 8.69. The van der Waals surface area contributed by atoms with E-state index in [0.717, 1.165) is 30.0 Å². The molecule has 0 aromatic carbocycles. The van der Waals surface area contributed by atoms with Crippen molar-refractivity contribution in [2.75, 3.05) is 26.2 Å². The van der Waals surface area contributed by atoms with Crippen molar-refractivity contribution in [2.45, 2.75) is 32.9 Å². The molecule has 25 heavy (non-hydrogen) atoms. The predicted molar refractivity (Wildman–Crippen MR) is 94.2 cm³/mol. The lowest BCUT2D eigenvalue weighted by molar-refractivity contribution is 0.0368. The molecular formula is C19H25N3O3. The van der Waals surface area contributed by atoms with Crippen LogP contribution in [-0.2, 0) is 6.54 Å². The monoisotopic (exact) mass is 343 g/mol. The van der Waals surface area contributed by atoms with Crippen molar-refractivity contribution in [1.29, 1.82) is 0 Å². The minimum atomic E-state index is -0.0706. The number of aromatic nitrogens is 1. The molecule has 134 valence electrons. The van der Waals surface area contributed by atoms with Gasteiger partial charge in [0.05, 0.1) is 12.0 Å². The zero-order chi connectivity index (χ0) is 17.8. The Morgan fingerprint density at radius 2 is 2.16 bits per heavy atom. The lowest BCUT2D eigenvalue weighted by atomic mass is 10.1. The fourth-order valence-electron chi connectivity index (χ4n) is 3.34. The van der Waals surface area contributed by atoms with Crippen molar-refractivity contribution in [3.63, 3.8) is 0 Å². The molecule has 3 rings (SSSR count). The van der Waals surface area contributed by atoms with Crippen molar-refractivity contribution < 1.29 is 14.3 Å². The average molecular weight is 343 g/mol. The second-order valence-electron chi connectivity index (χ2n) is 6.59. The number of nitrogens with zero attached hydrogens (tertiary/aromatic N) is 3. The van der Waals surface area contributed by atoms with Gasteiger partial charge in [-0.2, -0.15) is 0 Å². The van der Waals surface area contributed by atoms with E-state index in [0.29, 0.717) is 25.3 Å². The van der Waals surface area contributed by atoms with Gasteiger partial charge in [-0.3, -0.25) is 14.7 Å². The molecule has 2 aromatic heterocycles. The molecule has 1 aliphatic rings. The number of pyridine rings is 1. The summed E-state index contributed by atoms with van der Waals surface area (Å²) in [7, 11) is 0. The molecular weight excluding hydrogens is 318 g/mol. The number of furan rings is 1. The number of piperazine rings is 1. The summed E-state index contributed by atoms with van der Waals surface area (Å²) in [4.78, 5) is 21.4. The van der Waals surface area contributed by atoms with E-state index >= 15 is 0 Å². The molecule has 0 spiro atoms. The van der Waals surface area contributed by atoms with Crippen LogP contribution in [0.3, 0.4) is 0 Å². The van der Waals surface area contributed by atoms with Crippen molar-refractivity contribution in [1.82, 2.24) is 14.8 Å². The summed E-state index contributed by atoms with van der Waals surface area (Å²) in [6, 6.07) is 7.93. The van der Waals surface area contributed by atoms with Crippen molar-refractivity contribution in [2.24, 2.45) is 0 Å². The number of amides is 1. The van der Waals surface area contributed by atoms with Gasteiger partial charge in [-0.05, 0) is 38.5 Å². The summed E-state index contributed by atoms with van der Waals surface area (Å²) in [6.07, 6.45) is 2.18. The van der Waals surface area contributed by atoms with Gasteiger partial charge < -0.3 is 14.4 Å². The van der Waals surface area contributed by atoms with Crippen LogP contribution in [0.5, 0.6) is 0 Å². The number of aryl methyl sites for hydroxylation is 2. The molecule has 1 N–H and O–H groups in total. The number of carbonyl (C=O) groups excluding carboxylic acids is 1. The first-order chi connectivity index (χ1) is 12.1. The minimum absolute atomic E-state index is 0.0706. The normalized spacial score (nSPS) is 18.5. The largest absolute Gasteiger partial charge is 0.459 e. The van der Waals surface area contributed by atoms with E-state index in [-0.39, 0.29) is 18.6 Å². The Kier molecular flexibility index (Phi) is 5.50. The highest BCUT2D eigenvalue weighted by atomic mass is 16.3. The van der Waals surface area contributed by atoms with Crippen LogP contribution in [0, 0.1) is 13.8 Å². The fraction of sp³-hybridized carbons (Fsp3) is 0.474. The summed E-state index contributed by atoms with van der Waals surface area (Å²) in [5.74, 6) is 0.343.